The molecule has 0 saturated carbocycles. The molecule has 11 heteroatoms. The van der Waals surface area contributed by atoms with Crippen molar-refractivity contribution in [2.75, 3.05) is 41.7 Å². The lowest BCUT2D eigenvalue weighted by molar-refractivity contribution is -0.119. The first-order chi connectivity index (χ1) is 13.7. The van der Waals surface area contributed by atoms with Gasteiger partial charge in [-0.3, -0.25) is 9.78 Å². The van der Waals surface area contributed by atoms with E-state index in [1.54, 1.807) is 11.7 Å². The Morgan fingerprint density at radius 3 is 3.04 bits per heavy atom. The van der Waals surface area contributed by atoms with Crippen molar-refractivity contribution in [1.82, 2.24) is 30.5 Å². The van der Waals surface area contributed by atoms with Crippen molar-refractivity contribution in [2.24, 2.45) is 5.92 Å². The summed E-state index contributed by atoms with van der Waals surface area (Å²) in [6.45, 7) is 3.02. The molecular weight excluding hydrogens is 378 g/mol. The zero-order chi connectivity index (χ0) is 18.9. The van der Waals surface area contributed by atoms with Gasteiger partial charge in [0.25, 0.3) is 0 Å². The SMILES string of the molecule is O=C1CC(CNc2nc(NC3CN(c4nncs4)C3)c3ncccc3n2)CN1. The fourth-order valence-corrected chi connectivity index (χ4v) is 4.00. The number of nitrogens with one attached hydrogen (secondary N) is 3. The maximum absolute atomic E-state index is 11.4. The van der Waals surface area contributed by atoms with Gasteiger partial charge in [-0.25, -0.2) is 4.98 Å². The number of anilines is 3. The van der Waals surface area contributed by atoms with Crippen LogP contribution in [0.25, 0.3) is 11.0 Å². The Morgan fingerprint density at radius 2 is 2.25 bits per heavy atom. The number of rotatable bonds is 6. The van der Waals surface area contributed by atoms with E-state index in [0.717, 1.165) is 35.1 Å². The van der Waals surface area contributed by atoms with Crippen LogP contribution in [0.2, 0.25) is 0 Å². The second kappa shape index (κ2) is 7.15. The highest BCUT2D eigenvalue weighted by atomic mass is 32.1. The fraction of sp³-hybridized carbons (Fsp3) is 0.412. The number of pyridine rings is 1. The molecule has 0 radical (unpaired) electrons. The molecular formula is C17H19N9OS. The molecule has 2 aliphatic heterocycles. The summed E-state index contributed by atoms with van der Waals surface area (Å²) in [6, 6.07) is 4.05. The van der Waals surface area contributed by atoms with Gasteiger partial charge in [-0.05, 0) is 12.1 Å². The molecule has 28 heavy (non-hydrogen) atoms. The Labute approximate surface area is 164 Å². The third-order valence-electron chi connectivity index (χ3n) is 4.91. The molecule has 0 bridgehead atoms. The molecule has 0 aliphatic carbocycles. The molecule has 3 N–H and O–H groups in total. The summed E-state index contributed by atoms with van der Waals surface area (Å²) >= 11 is 1.54. The van der Waals surface area contributed by atoms with E-state index >= 15 is 0 Å². The van der Waals surface area contributed by atoms with Crippen LogP contribution in [0, 0.1) is 5.92 Å². The maximum Gasteiger partial charge on any atom is 0.225 e. The molecule has 3 aromatic heterocycles. The number of hydrogen-bond acceptors (Lipinski definition) is 10. The van der Waals surface area contributed by atoms with Crippen molar-refractivity contribution >= 4 is 45.2 Å². The molecule has 1 amide bonds. The van der Waals surface area contributed by atoms with Gasteiger partial charge in [-0.2, -0.15) is 4.98 Å². The monoisotopic (exact) mass is 397 g/mol. The quantitative estimate of drug-likeness (QED) is 0.552. The van der Waals surface area contributed by atoms with E-state index in [2.05, 4.69) is 46.0 Å². The smallest absolute Gasteiger partial charge is 0.225 e. The van der Waals surface area contributed by atoms with Crippen LogP contribution in [-0.4, -0.2) is 63.3 Å². The van der Waals surface area contributed by atoms with Gasteiger partial charge < -0.3 is 20.9 Å². The number of hydrogen-bond donors (Lipinski definition) is 3. The van der Waals surface area contributed by atoms with Crippen LogP contribution in [-0.2, 0) is 4.79 Å². The molecule has 144 valence electrons. The molecule has 1 unspecified atom stereocenters. The first kappa shape index (κ1) is 17.0. The van der Waals surface area contributed by atoms with Gasteiger partial charge in [-0.1, -0.05) is 11.3 Å². The van der Waals surface area contributed by atoms with E-state index in [0.29, 0.717) is 25.5 Å². The van der Waals surface area contributed by atoms with Crippen LogP contribution in [0.15, 0.2) is 23.8 Å². The largest absolute Gasteiger partial charge is 0.362 e. The highest BCUT2D eigenvalue weighted by molar-refractivity contribution is 7.13. The fourth-order valence-electron chi connectivity index (χ4n) is 3.42. The Morgan fingerprint density at radius 1 is 1.32 bits per heavy atom. The highest BCUT2D eigenvalue weighted by Gasteiger charge is 2.29. The molecule has 1 atom stereocenters. The normalized spacial score (nSPS) is 19.5. The molecule has 2 fully saturated rings. The number of aromatic nitrogens is 5. The van der Waals surface area contributed by atoms with E-state index in [1.807, 2.05) is 12.1 Å². The predicted octanol–water partition coefficient (Wildman–Crippen LogP) is 0.725. The average Bonchev–Trinajstić information content (AvgIpc) is 3.34. The molecule has 10 nitrogen and oxygen atoms in total. The van der Waals surface area contributed by atoms with Crippen LogP contribution in [0.5, 0.6) is 0 Å². The molecule has 3 aromatic rings. The second-order valence-corrected chi connectivity index (χ2v) is 7.80. The molecule has 5 heterocycles. The Hall–Kier alpha value is -3.08. The van der Waals surface area contributed by atoms with Crippen LogP contribution in [0.4, 0.5) is 16.9 Å². The van der Waals surface area contributed by atoms with Gasteiger partial charge in [-0.15, -0.1) is 10.2 Å². The topological polar surface area (TPSA) is 121 Å². The van der Waals surface area contributed by atoms with Crippen LogP contribution in [0.1, 0.15) is 6.42 Å². The van der Waals surface area contributed by atoms with Crippen molar-refractivity contribution in [3.63, 3.8) is 0 Å². The van der Waals surface area contributed by atoms with Gasteiger partial charge in [0, 0.05) is 44.7 Å². The van der Waals surface area contributed by atoms with E-state index in [-0.39, 0.29) is 17.9 Å². The number of amides is 1. The van der Waals surface area contributed by atoms with Crippen molar-refractivity contribution in [2.45, 2.75) is 12.5 Å². The maximum atomic E-state index is 11.4. The summed E-state index contributed by atoms with van der Waals surface area (Å²) in [7, 11) is 0. The zero-order valence-corrected chi connectivity index (χ0v) is 15.8. The summed E-state index contributed by atoms with van der Waals surface area (Å²) in [4.78, 5) is 27.2. The van der Waals surface area contributed by atoms with Gasteiger partial charge >= 0.3 is 0 Å². The van der Waals surface area contributed by atoms with Gasteiger partial charge in [0.05, 0.1) is 11.6 Å². The Bertz CT molecular complexity index is 989. The lowest BCUT2D eigenvalue weighted by Crippen LogP contribution is -2.55. The minimum Gasteiger partial charge on any atom is -0.362 e. The number of carbonyl (C=O) groups excluding carboxylic acids is 1. The van der Waals surface area contributed by atoms with Gasteiger partial charge in [0.2, 0.25) is 17.0 Å². The number of fused-ring (bicyclic) bond motifs is 1. The Kier molecular flexibility index (Phi) is 4.35. The minimum absolute atomic E-state index is 0.0998. The first-order valence-corrected chi connectivity index (χ1v) is 10.0. The molecule has 2 saturated heterocycles. The summed E-state index contributed by atoms with van der Waals surface area (Å²) in [5.74, 6) is 1.62. The van der Waals surface area contributed by atoms with Crippen molar-refractivity contribution in [1.29, 1.82) is 0 Å². The summed E-state index contributed by atoms with van der Waals surface area (Å²) in [6.07, 6.45) is 2.28. The van der Waals surface area contributed by atoms with E-state index in [1.165, 1.54) is 11.3 Å². The highest BCUT2D eigenvalue weighted by Crippen LogP contribution is 2.26. The van der Waals surface area contributed by atoms with Crippen LogP contribution < -0.4 is 20.9 Å². The first-order valence-electron chi connectivity index (χ1n) is 9.15. The van der Waals surface area contributed by atoms with E-state index < -0.39 is 0 Å². The predicted molar refractivity (Wildman–Crippen MR) is 106 cm³/mol. The molecule has 0 spiro atoms. The lowest BCUT2D eigenvalue weighted by Gasteiger charge is -2.39. The van der Waals surface area contributed by atoms with E-state index in [9.17, 15) is 4.79 Å². The molecule has 2 aliphatic rings. The van der Waals surface area contributed by atoms with Crippen molar-refractivity contribution in [3.05, 3.63) is 23.8 Å². The summed E-state index contributed by atoms with van der Waals surface area (Å²) < 4.78 is 0. The third kappa shape index (κ3) is 3.40. The molecule has 0 aromatic carbocycles. The number of nitrogens with zero attached hydrogens (tertiary/aromatic N) is 6. The molecule has 5 rings (SSSR count). The van der Waals surface area contributed by atoms with Crippen molar-refractivity contribution < 1.29 is 4.79 Å². The van der Waals surface area contributed by atoms with Crippen molar-refractivity contribution in [3.8, 4) is 0 Å². The van der Waals surface area contributed by atoms with Crippen LogP contribution >= 0.6 is 11.3 Å². The van der Waals surface area contributed by atoms with E-state index in [4.69, 9.17) is 0 Å². The average molecular weight is 397 g/mol. The van der Waals surface area contributed by atoms with Crippen LogP contribution in [0.3, 0.4) is 0 Å². The second-order valence-electron chi connectivity index (χ2n) is 6.99. The minimum atomic E-state index is 0.0998. The third-order valence-corrected chi connectivity index (χ3v) is 5.66. The number of carbonyl (C=O) groups is 1. The zero-order valence-electron chi connectivity index (χ0n) is 15.0. The summed E-state index contributed by atoms with van der Waals surface area (Å²) in [5, 5.41) is 18.5. The summed E-state index contributed by atoms with van der Waals surface area (Å²) in [5.41, 5.74) is 3.27. The van der Waals surface area contributed by atoms with Gasteiger partial charge in [0.1, 0.15) is 11.0 Å². The van der Waals surface area contributed by atoms with Gasteiger partial charge in [0.15, 0.2) is 5.82 Å². The Balaban J connectivity index is 1.30. The lowest BCUT2D eigenvalue weighted by atomic mass is 10.1. The standard InChI is InChI=1S/C17H19N9OS/c27-13-4-10(5-19-13)6-20-16-23-12-2-1-3-18-14(12)15(24-16)22-11-7-26(8-11)17-25-21-9-28-17/h1-3,9-11H,4-8H2,(H,19,27)(H2,20,22,23,24).